The molecule has 6 nitrogen and oxygen atoms in total. The van der Waals surface area contributed by atoms with E-state index in [4.69, 9.17) is 16.3 Å². The van der Waals surface area contributed by atoms with Crippen molar-refractivity contribution in [3.05, 3.63) is 83.1 Å². The molecule has 1 N–H and O–H groups in total. The molecule has 0 radical (unpaired) electrons. The van der Waals surface area contributed by atoms with E-state index >= 15 is 0 Å². The molecule has 0 unspecified atom stereocenters. The normalized spacial score (nSPS) is 11.1. The zero-order valence-corrected chi connectivity index (χ0v) is 18.4. The second kappa shape index (κ2) is 9.36. The summed E-state index contributed by atoms with van der Waals surface area (Å²) in [6.07, 6.45) is 0. The number of ether oxygens (including phenoxy) is 1. The quantitative estimate of drug-likeness (QED) is 0.555. The fourth-order valence-electron chi connectivity index (χ4n) is 2.85. The van der Waals surface area contributed by atoms with Crippen LogP contribution in [0.5, 0.6) is 5.75 Å². The summed E-state index contributed by atoms with van der Waals surface area (Å²) in [4.78, 5) is 12.6. The highest BCUT2D eigenvalue weighted by Crippen LogP contribution is 2.26. The van der Waals surface area contributed by atoms with Crippen molar-refractivity contribution in [2.24, 2.45) is 0 Å². The van der Waals surface area contributed by atoms with E-state index in [9.17, 15) is 17.6 Å². The van der Waals surface area contributed by atoms with E-state index in [-0.39, 0.29) is 10.6 Å². The lowest BCUT2D eigenvalue weighted by molar-refractivity contribution is -0.114. The molecule has 1 amide bonds. The van der Waals surface area contributed by atoms with Gasteiger partial charge in [-0.25, -0.2) is 12.8 Å². The topological polar surface area (TPSA) is 75.7 Å². The van der Waals surface area contributed by atoms with Gasteiger partial charge in [0.05, 0.1) is 17.7 Å². The minimum Gasteiger partial charge on any atom is -0.497 e. The molecule has 0 aliphatic carbocycles. The molecule has 0 aromatic heterocycles. The first-order valence-electron chi connectivity index (χ1n) is 9.19. The summed E-state index contributed by atoms with van der Waals surface area (Å²) in [7, 11) is -2.67. The largest absolute Gasteiger partial charge is 0.497 e. The molecule has 0 aliphatic rings. The maximum atomic E-state index is 13.3. The Morgan fingerprint density at radius 1 is 1.06 bits per heavy atom. The van der Waals surface area contributed by atoms with E-state index < -0.39 is 28.3 Å². The van der Waals surface area contributed by atoms with Crippen LogP contribution in [-0.4, -0.2) is 28.0 Å². The maximum absolute atomic E-state index is 13.3. The van der Waals surface area contributed by atoms with Crippen molar-refractivity contribution in [2.75, 3.05) is 23.3 Å². The number of halogens is 2. The average molecular weight is 463 g/mol. The van der Waals surface area contributed by atoms with Gasteiger partial charge < -0.3 is 10.1 Å². The second-order valence-corrected chi connectivity index (χ2v) is 8.97. The molecule has 9 heteroatoms. The van der Waals surface area contributed by atoms with Gasteiger partial charge in [-0.1, -0.05) is 17.7 Å². The third-order valence-corrected chi connectivity index (χ3v) is 6.55. The fraction of sp³-hybridized carbons (Fsp3) is 0.136. The fourth-order valence-corrected chi connectivity index (χ4v) is 4.44. The number of sulfonamides is 1. The van der Waals surface area contributed by atoms with Gasteiger partial charge in [0.1, 0.15) is 18.1 Å². The molecule has 31 heavy (non-hydrogen) atoms. The SMILES string of the molecule is COc1ccc(N(CC(=O)Nc2cc(Cl)ccc2C)S(=O)(=O)c2ccc(F)cc2)cc1. The molecule has 3 aromatic rings. The van der Waals surface area contributed by atoms with E-state index in [0.717, 1.165) is 34.1 Å². The standard InChI is InChI=1S/C22H20ClFN2O4S/c1-15-3-4-16(23)13-21(15)25-22(27)14-26(18-7-9-19(30-2)10-8-18)31(28,29)20-11-5-17(24)6-12-20/h3-13H,14H2,1-2H3,(H,25,27). The van der Waals surface area contributed by atoms with Gasteiger partial charge in [-0.3, -0.25) is 9.10 Å². The molecule has 0 bridgehead atoms. The van der Waals surface area contributed by atoms with Crippen LogP contribution in [-0.2, 0) is 14.8 Å². The predicted octanol–water partition coefficient (Wildman–Crippen LogP) is 4.63. The Bertz CT molecular complexity index is 1180. The van der Waals surface area contributed by atoms with Crippen molar-refractivity contribution in [3.63, 3.8) is 0 Å². The van der Waals surface area contributed by atoms with Crippen molar-refractivity contribution in [3.8, 4) is 5.75 Å². The van der Waals surface area contributed by atoms with Crippen molar-refractivity contribution in [1.29, 1.82) is 0 Å². The van der Waals surface area contributed by atoms with Gasteiger partial charge in [-0.05, 0) is 73.2 Å². The molecule has 3 aromatic carbocycles. The van der Waals surface area contributed by atoms with Crippen LogP contribution in [0.3, 0.4) is 0 Å². The number of amides is 1. The van der Waals surface area contributed by atoms with Gasteiger partial charge in [0.2, 0.25) is 5.91 Å². The van der Waals surface area contributed by atoms with Gasteiger partial charge >= 0.3 is 0 Å². The Morgan fingerprint density at radius 3 is 2.32 bits per heavy atom. The summed E-state index contributed by atoms with van der Waals surface area (Å²) in [5.41, 5.74) is 1.50. The first kappa shape index (κ1) is 22.6. The van der Waals surface area contributed by atoms with Gasteiger partial charge in [0.15, 0.2) is 0 Å². The van der Waals surface area contributed by atoms with E-state index in [1.54, 1.807) is 37.3 Å². The highest BCUT2D eigenvalue weighted by Gasteiger charge is 2.27. The predicted molar refractivity (Wildman–Crippen MR) is 119 cm³/mol. The number of anilines is 2. The summed E-state index contributed by atoms with van der Waals surface area (Å²) in [6.45, 7) is 1.29. The minimum absolute atomic E-state index is 0.142. The minimum atomic E-state index is -4.16. The van der Waals surface area contributed by atoms with Crippen molar-refractivity contribution < 1.29 is 22.3 Å². The number of nitrogens with zero attached hydrogens (tertiary/aromatic N) is 1. The summed E-state index contributed by atoms with van der Waals surface area (Å²) in [6, 6.07) is 15.6. The highest BCUT2D eigenvalue weighted by atomic mass is 35.5. The van der Waals surface area contributed by atoms with Crippen LogP contribution in [0.25, 0.3) is 0 Å². The Labute approximate surface area is 185 Å². The van der Waals surface area contributed by atoms with Crippen LogP contribution in [0, 0.1) is 12.7 Å². The van der Waals surface area contributed by atoms with Gasteiger partial charge in [0, 0.05) is 10.7 Å². The van der Waals surface area contributed by atoms with Gasteiger partial charge in [-0.15, -0.1) is 0 Å². The molecule has 0 saturated heterocycles. The summed E-state index contributed by atoms with van der Waals surface area (Å²) < 4.78 is 45.9. The van der Waals surface area contributed by atoms with Crippen molar-refractivity contribution >= 4 is 38.9 Å². The van der Waals surface area contributed by atoms with E-state index in [0.29, 0.717) is 16.5 Å². The first-order chi connectivity index (χ1) is 14.7. The molecule has 0 atom stereocenters. The van der Waals surface area contributed by atoms with Crippen LogP contribution >= 0.6 is 11.6 Å². The van der Waals surface area contributed by atoms with Gasteiger partial charge in [0.25, 0.3) is 10.0 Å². The second-order valence-electron chi connectivity index (χ2n) is 6.67. The Balaban J connectivity index is 1.96. The summed E-state index contributed by atoms with van der Waals surface area (Å²) >= 11 is 6.00. The van der Waals surface area contributed by atoms with Crippen LogP contribution in [0.4, 0.5) is 15.8 Å². The lowest BCUT2D eigenvalue weighted by Crippen LogP contribution is -2.38. The molecule has 0 saturated carbocycles. The van der Waals surface area contributed by atoms with E-state index in [1.165, 1.54) is 19.2 Å². The monoisotopic (exact) mass is 462 g/mol. The molecule has 3 rings (SSSR count). The van der Waals surface area contributed by atoms with Crippen molar-refractivity contribution in [2.45, 2.75) is 11.8 Å². The molecule has 0 fully saturated rings. The smallest absolute Gasteiger partial charge is 0.264 e. The zero-order valence-electron chi connectivity index (χ0n) is 16.8. The lowest BCUT2D eigenvalue weighted by Gasteiger charge is -2.24. The number of rotatable bonds is 7. The highest BCUT2D eigenvalue weighted by molar-refractivity contribution is 7.92. The van der Waals surface area contributed by atoms with Gasteiger partial charge in [-0.2, -0.15) is 0 Å². The number of carbonyl (C=O) groups is 1. The number of hydrogen-bond donors (Lipinski definition) is 1. The Kier molecular flexibility index (Phi) is 6.82. The van der Waals surface area contributed by atoms with Crippen LogP contribution in [0.15, 0.2) is 71.6 Å². The summed E-state index contributed by atoms with van der Waals surface area (Å²) in [5.74, 6) is -0.599. The van der Waals surface area contributed by atoms with Crippen LogP contribution < -0.4 is 14.4 Å². The van der Waals surface area contributed by atoms with Crippen LogP contribution in [0.2, 0.25) is 5.02 Å². The molecule has 162 valence electrons. The van der Waals surface area contributed by atoms with Crippen LogP contribution in [0.1, 0.15) is 5.56 Å². The number of methoxy groups -OCH3 is 1. The lowest BCUT2D eigenvalue weighted by atomic mass is 10.2. The molecular formula is C22H20ClFN2O4S. The number of carbonyl (C=O) groups excluding carboxylic acids is 1. The summed E-state index contributed by atoms with van der Waals surface area (Å²) in [5, 5.41) is 3.13. The number of benzene rings is 3. The van der Waals surface area contributed by atoms with Crippen molar-refractivity contribution in [1.82, 2.24) is 0 Å². The molecular weight excluding hydrogens is 443 g/mol. The first-order valence-corrected chi connectivity index (χ1v) is 11.0. The Hall–Kier alpha value is -3.10. The number of nitrogens with one attached hydrogen (secondary N) is 1. The van der Waals surface area contributed by atoms with E-state index in [2.05, 4.69) is 5.32 Å². The maximum Gasteiger partial charge on any atom is 0.264 e. The van der Waals surface area contributed by atoms with E-state index in [1.807, 2.05) is 0 Å². The molecule has 0 heterocycles. The average Bonchev–Trinajstić information content (AvgIpc) is 2.75. The molecule has 0 spiro atoms. The third-order valence-electron chi connectivity index (χ3n) is 4.52. The Morgan fingerprint density at radius 2 is 1.71 bits per heavy atom. The third kappa shape index (κ3) is 5.34. The number of aryl methyl sites for hydroxylation is 1. The molecule has 0 aliphatic heterocycles. The zero-order chi connectivity index (χ0) is 22.6. The number of hydrogen-bond acceptors (Lipinski definition) is 4.